The summed E-state index contributed by atoms with van der Waals surface area (Å²) in [7, 11) is -3.73. The summed E-state index contributed by atoms with van der Waals surface area (Å²) in [6.45, 7) is 3.35. The zero-order valence-electron chi connectivity index (χ0n) is 11.5. The first-order valence-electron chi connectivity index (χ1n) is 6.18. The number of thiazole rings is 1. The second-order valence-electron chi connectivity index (χ2n) is 4.48. The van der Waals surface area contributed by atoms with Crippen LogP contribution in [0, 0.1) is 6.92 Å². The number of hydrogen-bond donors (Lipinski definition) is 2. The fourth-order valence-electron chi connectivity index (χ4n) is 1.57. The normalized spacial score (nSPS) is 12.9. The number of carbonyl (C=O) groups excluding carboxylic acids is 1. The van der Waals surface area contributed by atoms with Crippen molar-refractivity contribution in [2.75, 3.05) is 5.32 Å². The van der Waals surface area contributed by atoms with Crippen LogP contribution in [-0.2, 0) is 14.8 Å². The third kappa shape index (κ3) is 4.10. The molecule has 1 atom stereocenters. The van der Waals surface area contributed by atoms with Gasteiger partial charge in [0, 0.05) is 11.6 Å². The lowest BCUT2D eigenvalue weighted by Gasteiger charge is -2.13. The Morgan fingerprint density at radius 1 is 1.29 bits per heavy atom. The van der Waals surface area contributed by atoms with Gasteiger partial charge in [0.05, 0.1) is 10.9 Å². The molecule has 2 rings (SSSR count). The van der Waals surface area contributed by atoms with E-state index in [4.69, 9.17) is 0 Å². The zero-order valence-corrected chi connectivity index (χ0v) is 13.2. The molecule has 0 fully saturated rings. The van der Waals surface area contributed by atoms with E-state index >= 15 is 0 Å². The number of anilines is 1. The largest absolute Gasteiger partial charge is 0.301 e. The molecule has 112 valence electrons. The van der Waals surface area contributed by atoms with Crippen LogP contribution in [0.15, 0.2) is 40.7 Å². The van der Waals surface area contributed by atoms with E-state index in [2.05, 4.69) is 15.0 Å². The Bertz CT molecular complexity index is 710. The molecule has 1 aromatic carbocycles. The topological polar surface area (TPSA) is 88.2 Å². The van der Waals surface area contributed by atoms with E-state index in [1.807, 2.05) is 6.92 Å². The molecule has 0 saturated carbocycles. The molecule has 6 nitrogen and oxygen atoms in total. The molecule has 1 aromatic heterocycles. The molecule has 0 spiro atoms. The number of sulfonamides is 1. The maximum Gasteiger partial charge on any atom is 0.244 e. The van der Waals surface area contributed by atoms with Gasteiger partial charge in [0.15, 0.2) is 5.13 Å². The summed E-state index contributed by atoms with van der Waals surface area (Å²) in [6, 6.07) is 5.51. The quantitative estimate of drug-likeness (QED) is 0.877. The van der Waals surface area contributed by atoms with Crippen LogP contribution in [0.25, 0.3) is 0 Å². The van der Waals surface area contributed by atoms with Crippen molar-refractivity contribution in [3.05, 3.63) is 41.4 Å². The van der Waals surface area contributed by atoms with Gasteiger partial charge in [-0.3, -0.25) is 4.79 Å². The highest BCUT2D eigenvalue weighted by Gasteiger charge is 2.22. The van der Waals surface area contributed by atoms with Crippen LogP contribution in [0.3, 0.4) is 0 Å². The van der Waals surface area contributed by atoms with Gasteiger partial charge < -0.3 is 5.32 Å². The Hall–Kier alpha value is -1.77. The average molecular weight is 325 g/mol. The predicted octanol–water partition coefficient (Wildman–Crippen LogP) is 1.76. The highest BCUT2D eigenvalue weighted by Crippen LogP contribution is 2.13. The minimum absolute atomic E-state index is 0.127. The highest BCUT2D eigenvalue weighted by atomic mass is 32.2. The van der Waals surface area contributed by atoms with Crippen LogP contribution < -0.4 is 10.0 Å². The van der Waals surface area contributed by atoms with E-state index in [1.54, 1.807) is 23.7 Å². The first-order valence-corrected chi connectivity index (χ1v) is 8.54. The molecule has 0 radical (unpaired) electrons. The molecule has 1 heterocycles. The van der Waals surface area contributed by atoms with Gasteiger partial charge in [0.1, 0.15) is 0 Å². The maximum atomic E-state index is 12.2. The molecule has 0 aliphatic carbocycles. The number of aryl methyl sites for hydroxylation is 1. The SMILES string of the molecule is Cc1ccc(S(=O)(=O)NC(C)C(=O)Nc2nccs2)cc1. The van der Waals surface area contributed by atoms with Crippen molar-refractivity contribution in [1.82, 2.24) is 9.71 Å². The first-order chi connectivity index (χ1) is 9.88. The number of hydrogen-bond acceptors (Lipinski definition) is 5. The van der Waals surface area contributed by atoms with Gasteiger partial charge in [-0.25, -0.2) is 13.4 Å². The molecule has 2 aromatic rings. The minimum Gasteiger partial charge on any atom is -0.301 e. The molecule has 0 aliphatic heterocycles. The summed E-state index contributed by atoms with van der Waals surface area (Å²) in [5, 5.41) is 4.70. The number of nitrogens with zero attached hydrogens (tertiary/aromatic N) is 1. The van der Waals surface area contributed by atoms with E-state index in [9.17, 15) is 13.2 Å². The maximum absolute atomic E-state index is 12.2. The molecule has 8 heteroatoms. The lowest BCUT2D eigenvalue weighted by Crippen LogP contribution is -2.41. The van der Waals surface area contributed by atoms with E-state index in [1.165, 1.54) is 30.4 Å². The Balaban J connectivity index is 2.05. The van der Waals surface area contributed by atoms with Crippen LogP contribution in [0.1, 0.15) is 12.5 Å². The van der Waals surface area contributed by atoms with Gasteiger partial charge in [-0.1, -0.05) is 17.7 Å². The summed E-state index contributed by atoms with van der Waals surface area (Å²) >= 11 is 1.26. The van der Waals surface area contributed by atoms with Crippen LogP contribution in [0.5, 0.6) is 0 Å². The van der Waals surface area contributed by atoms with Crippen LogP contribution in [0.4, 0.5) is 5.13 Å². The van der Waals surface area contributed by atoms with E-state index in [-0.39, 0.29) is 4.90 Å². The number of benzene rings is 1. The van der Waals surface area contributed by atoms with E-state index in [0.29, 0.717) is 5.13 Å². The van der Waals surface area contributed by atoms with Crippen LogP contribution >= 0.6 is 11.3 Å². The number of amides is 1. The highest BCUT2D eigenvalue weighted by molar-refractivity contribution is 7.89. The predicted molar refractivity (Wildman–Crippen MR) is 81.7 cm³/mol. The van der Waals surface area contributed by atoms with Gasteiger partial charge in [-0.05, 0) is 26.0 Å². The Kier molecular flexibility index (Phi) is 4.71. The number of nitrogens with one attached hydrogen (secondary N) is 2. The van der Waals surface area contributed by atoms with E-state index < -0.39 is 22.0 Å². The van der Waals surface area contributed by atoms with Crippen molar-refractivity contribution in [3.63, 3.8) is 0 Å². The fourth-order valence-corrected chi connectivity index (χ4v) is 3.31. The summed E-state index contributed by atoms with van der Waals surface area (Å²) in [6.07, 6.45) is 1.56. The average Bonchev–Trinajstić information content (AvgIpc) is 2.91. The molecule has 1 amide bonds. The standard InChI is InChI=1S/C13H15N3O3S2/c1-9-3-5-11(6-4-9)21(18,19)16-10(2)12(17)15-13-14-7-8-20-13/h3-8,10,16H,1-2H3,(H,14,15,17). The summed E-state index contributed by atoms with van der Waals surface area (Å²) in [5.74, 6) is -0.458. The van der Waals surface area contributed by atoms with E-state index in [0.717, 1.165) is 5.56 Å². The summed E-state index contributed by atoms with van der Waals surface area (Å²) in [4.78, 5) is 15.9. The second-order valence-corrected chi connectivity index (χ2v) is 7.09. The third-order valence-corrected chi connectivity index (χ3v) is 4.96. The van der Waals surface area contributed by atoms with Crippen molar-refractivity contribution >= 4 is 32.4 Å². The molecular weight excluding hydrogens is 310 g/mol. The van der Waals surface area contributed by atoms with Crippen LogP contribution in [0.2, 0.25) is 0 Å². The Morgan fingerprint density at radius 2 is 1.95 bits per heavy atom. The molecule has 21 heavy (non-hydrogen) atoms. The van der Waals surface area contributed by atoms with Crippen molar-refractivity contribution in [2.24, 2.45) is 0 Å². The lowest BCUT2D eigenvalue weighted by molar-refractivity contribution is -0.117. The van der Waals surface area contributed by atoms with Crippen LogP contribution in [-0.4, -0.2) is 25.4 Å². The van der Waals surface area contributed by atoms with Crippen molar-refractivity contribution in [3.8, 4) is 0 Å². The minimum atomic E-state index is -3.73. The van der Waals surface area contributed by atoms with Crippen molar-refractivity contribution in [1.29, 1.82) is 0 Å². The number of carbonyl (C=O) groups is 1. The molecule has 2 N–H and O–H groups in total. The van der Waals surface area contributed by atoms with Crippen molar-refractivity contribution < 1.29 is 13.2 Å². The fraction of sp³-hybridized carbons (Fsp3) is 0.231. The third-order valence-electron chi connectivity index (χ3n) is 2.72. The van der Waals surface area contributed by atoms with Gasteiger partial charge >= 0.3 is 0 Å². The van der Waals surface area contributed by atoms with Crippen molar-refractivity contribution in [2.45, 2.75) is 24.8 Å². The summed E-state index contributed by atoms with van der Waals surface area (Å²) in [5.41, 5.74) is 0.962. The zero-order chi connectivity index (χ0) is 15.5. The molecule has 0 aliphatic rings. The molecule has 0 saturated heterocycles. The second kappa shape index (κ2) is 6.33. The number of rotatable bonds is 5. The first kappa shape index (κ1) is 15.6. The summed E-state index contributed by atoms with van der Waals surface area (Å²) < 4.78 is 26.7. The number of aromatic nitrogens is 1. The monoisotopic (exact) mass is 325 g/mol. The van der Waals surface area contributed by atoms with Gasteiger partial charge in [0.2, 0.25) is 15.9 Å². The molecule has 0 bridgehead atoms. The Morgan fingerprint density at radius 3 is 2.52 bits per heavy atom. The van der Waals surface area contributed by atoms with Gasteiger partial charge in [0.25, 0.3) is 0 Å². The van der Waals surface area contributed by atoms with Gasteiger partial charge in [-0.2, -0.15) is 4.72 Å². The molecular formula is C13H15N3O3S2. The smallest absolute Gasteiger partial charge is 0.244 e. The Labute approximate surface area is 127 Å². The van der Waals surface area contributed by atoms with Gasteiger partial charge in [-0.15, -0.1) is 11.3 Å². The lowest BCUT2D eigenvalue weighted by atomic mass is 10.2. The molecule has 1 unspecified atom stereocenters.